The minimum Gasteiger partial charge on any atom is -0.336 e. The lowest BCUT2D eigenvalue weighted by Crippen LogP contribution is -2.41. The van der Waals surface area contributed by atoms with Crippen LogP contribution < -0.4 is 5.32 Å². The number of nitrogens with one attached hydrogen (secondary N) is 1. The van der Waals surface area contributed by atoms with Gasteiger partial charge >= 0.3 is 0 Å². The average Bonchev–Trinajstić information content (AvgIpc) is 3.57. The van der Waals surface area contributed by atoms with E-state index in [1.165, 1.54) is 12.3 Å². The molecule has 5 rings (SSSR count). The number of pyridine rings is 2. The molecule has 0 unspecified atom stereocenters. The first-order valence-electron chi connectivity index (χ1n) is 13.9. The summed E-state index contributed by atoms with van der Waals surface area (Å²) in [6, 6.07) is 7.27. The Morgan fingerprint density at radius 2 is 1.71 bits per heavy atom. The van der Waals surface area contributed by atoms with Crippen LogP contribution in [-0.2, 0) is 4.79 Å². The summed E-state index contributed by atoms with van der Waals surface area (Å²) >= 11 is 3.26. The van der Waals surface area contributed by atoms with E-state index in [1.807, 2.05) is 86.7 Å². The molecule has 2 atom stereocenters. The van der Waals surface area contributed by atoms with Gasteiger partial charge in [-0.2, -0.15) is 0 Å². The molecule has 0 bridgehead atoms. The number of rotatable bonds is 5. The van der Waals surface area contributed by atoms with E-state index >= 15 is 0 Å². The Morgan fingerprint density at radius 3 is 2.24 bits per heavy atom. The van der Waals surface area contributed by atoms with Crippen molar-refractivity contribution in [2.45, 2.75) is 80.8 Å². The van der Waals surface area contributed by atoms with Crippen LogP contribution in [0.5, 0.6) is 0 Å². The van der Waals surface area contributed by atoms with Crippen LogP contribution >= 0.6 is 22.7 Å². The smallest absolute Gasteiger partial charge is 0.210 e. The van der Waals surface area contributed by atoms with Gasteiger partial charge in [-0.3, -0.25) is 9.78 Å². The molecule has 7 nitrogen and oxygen atoms in total. The van der Waals surface area contributed by atoms with Crippen LogP contribution in [0.1, 0.15) is 69.9 Å². The van der Waals surface area contributed by atoms with Crippen LogP contribution in [0.25, 0.3) is 16.1 Å². The Labute approximate surface area is 251 Å². The number of halogens is 1. The van der Waals surface area contributed by atoms with Gasteiger partial charge < -0.3 is 10.2 Å². The van der Waals surface area contributed by atoms with E-state index in [9.17, 15) is 9.18 Å². The molecule has 1 aliphatic rings. The SMILES string of the molecule is CC.CC.C[C@H]1C=C(c2ccc(F)cn2)C[C@H](C)N1C=O.Cc1ccc(Nc2nc(-c3sc(C)nc3C)cs2)nc1. The first kappa shape index (κ1) is 33.7. The van der Waals surface area contributed by atoms with E-state index in [1.54, 1.807) is 33.6 Å². The molecule has 0 fully saturated rings. The molecule has 1 amide bonds. The Bertz CT molecular complexity index is 1380. The molecule has 0 spiro atoms. The van der Waals surface area contributed by atoms with E-state index < -0.39 is 0 Å². The van der Waals surface area contributed by atoms with E-state index in [4.69, 9.17) is 0 Å². The van der Waals surface area contributed by atoms with E-state index in [2.05, 4.69) is 30.6 Å². The fourth-order valence-electron chi connectivity index (χ4n) is 4.08. The number of aromatic nitrogens is 4. The van der Waals surface area contributed by atoms with Crippen LogP contribution in [0.3, 0.4) is 0 Å². The van der Waals surface area contributed by atoms with Gasteiger partial charge in [0.15, 0.2) is 5.13 Å². The number of amides is 1. The third-order valence-electron chi connectivity index (χ3n) is 5.90. The molecule has 1 aliphatic heterocycles. The Morgan fingerprint density at radius 1 is 0.976 bits per heavy atom. The fourth-order valence-corrected chi connectivity index (χ4v) is 5.75. The summed E-state index contributed by atoms with van der Waals surface area (Å²) in [5.74, 6) is 0.481. The third-order valence-corrected chi connectivity index (χ3v) is 7.75. The van der Waals surface area contributed by atoms with E-state index in [-0.39, 0.29) is 17.9 Å². The summed E-state index contributed by atoms with van der Waals surface area (Å²) in [4.78, 5) is 31.3. The molecule has 5 heterocycles. The fraction of sp³-hybridized carbons (Fsp3) is 0.387. The maximum absolute atomic E-state index is 12.8. The summed E-state index contributed by atoms with van der Waals surface area (Å²) < 4.78 is 12.8. The molecular formula is C31H41FN6OS2. The molecule has 1 N–H and O–H groups in total. The predicted octanol–water partition coefficient (Wildman–Crippen LogP) is 8.63. The molecule has 0 saturated heterocycles. The molecule has 0 saturated carbocycles. The van der Waals surface area contributed by atoms with Crippen LogP contribution in [0, 0.1) is 26.6 Å². The zero-order valence-electron chi connectivity index (χ0n) is 25.4. The van der Waals surface area contributed by atoms with Gasteiger partial charge in [-0.1, -0.05) is 39.8 Å². The topological polar surface area (TPSA) is 83.9 Å². The monoisotopic (exact) mass is 596 g/mol. The van der Waals surface area contributed by atoms with Crippen LogP contribution in [0.4, 0.5) is 15.3 Å². The van der Waals surface area contributed by atoms with Crippen molar-refractivity contribution in [1.29, 1.82) is 0 Å². The summed E-state index contributed by atoms with van der Waals surface area (Å²) in [5, 5.41) is 7.20. The van der Waals surface area contributed by atoms with Gasteiger partial charge in [0.25, 0.3) is 0 Å². The van der Waals surface area contributed by atoms with Crippen molar-refractivity contribution in [2.75, 3.05) is 5.32 Å². The number of anilines is 2. The van der Waals surface area contributed by atoms with Gasteiger partial charge in [-0.25, -0.2) is 19.3 Å². The minimum atomic E-state index is -0.333. The molecule has 0 aromatic carbocycles. The zero-order chi connectivity index (χ0) is 30.5. The second kappa shape index (κ2) is 16.7. The Hall–Kier alpha value is -3.50. The number of nitrogens with zero attached hydrogens (tertiary/aromatic N) is 5. The minimum absolute atomic E-state index is 0.0538. The lowest BCUT2D eigenvalue weighted by atomic mass is 9.95. The molecular weight excluding hydrogens is 556 g/mol. The molecule has 4 aromatic rings. The zero-order valence-corrected chi connectivity index (χ0v) is 27.0. The Kier molecular flexibility index (Phi) is 13.7. The van der Waals surface area contributed by atoms with Gasteiger partial charge in [0.2, 0.25) is 6.41 Å². The van der Waals surface area contributed by atoms with E-state index in [0.29, 0.717) is 0 Å². The molecule has 41 heavy (non-hydrogen) atoms. The predicted molar refractivity (Wildman–Crippen MR) is 171 cm³/mol. The van der Waals surface area contributed by atoms with Gasteiger partial charge in [0, 0.05) is 23.7 Å². The largest absolute Gasteiger partial charge is 0.336 e. The molecule has 220 valence electrons. The van der Waals surface area contributed by atoms with Crippen molar-refractivity contribution >= 4 is 45.6 Å². The summed E-state index contributed by atoms with van der Waals surface area (Å²) in [6.45, 7) is 18.0. The first-order valence-corrected chi connectivity index (χ1v) is 15.6. The molecule has 0 radical (unpaired) electrons. The van der Waals surface area contributed by atoms with Crippen molar-refractivity contribution in [3.63, 3.8) is 0 Å². The first-order chi connectivity index (χ1) is 19.7. The third kappa shape index (κ3) is 9.54. The number of carbonyl (C=O) groups excluding carboxylic acids is 1. The van der Waals surface area contributed by atoms with Crippen molar-refractivity contribution in [3.05, 3.63) is 75.9 Å². The quantitative estimate of drug-likeness (QED) is 0.232. The number of aryl methyl sites for hydroxylation is 3. The summed E-state index contributed by atoms with van der Waals surface area (Å²) in [7, 11) is 0. The van der Waals surface area contributed by atoms with Gasteiger partial charge in [-0.15, -0.1) is 22.7 Å². The Balaban J connectivity index is 0.000000259. The highest BCUT2D eigenvalue weighted by atomic mass is 32.1. The van der Waals surface area contributed by atoms with Crippen molar-refractivity contribution in [1.82, 2.24) is 24.8 Å². The van der Waals surface area contributed by atoms with Crippen molar-refractivity contribution in [2.24, 2.45) is 0 Å². The summed E-state index contributed by atoms with van der Waals surface area (Å²) in [6.07, 6.45) is 6.70. The highest BCUT2D eigenvalue weighted by Crippen LogP contribution is 2.33. The number of hydrogen-bond acceptors (Lipinski definition) is 8. The number of carbonyl (C=O) groups is 1. The second-order valence-corrected chi connectivity index (χ2v) is 11.0. The normalized spacial score (nSPS) is 15.7. The maximum atomic E-state index is 12.8. The van der Waals surface area contributed by atoms with Crippen LogP contribution in [0.2, 0.25) is 0 Å². The van der Waals surface area contributed by atoms with Gasteiger partial charge in [0.1, 0.15) is 11.6 Å². The lowest BCUT2D eigenvalue weighted by molar-refractivity contribution is -0.121. The highest BCUT2D eigenvalue weighted by Gasteiger charge is 2.24. The van der Waals surface area contributed by atoms with Crippen LogP contribution in [-0.4, -0.2) is 43.3 Å². The summed E-state index contributed by atoms with van der Waals surface area (Å²) in [5.41, 5.74) is 5.02. The highest BCUT2D eigenvalue weighted by molar-refractivity contribution is 7.16. The molecule has 0 aliphatic carbocycles. The second-order valence-electron chi connectivity index (χ2n) is 8.93. The molecule has 4 aromatic heterocycles. The maximum Gasteiger partial charge on any atom is 0.210 e. The van der Waals surface area contributed by atoms with Crippen molar-refractivity contribution in [3.8, 4) is 10.6 Å². The van der Waals surface area contributed by atoms with E-state index in [0.717, 1.165) is 61.9 Å². The standard InChI is InChI=1S/C14H14N4S2.C13H15FN2O.2C2H6/c1-8-4-5-12(15-6-8)18-14-17-11(7-19-14)13-9(2)16-10(3)20-13;1-9-5-11(6-10(2)16(9)8-17)13-4-3-12(14)7-15-13;2*1-2/h4-7H,1-3H3,(H,15,17,18);3-5,7-10H,6H2,1-2H3;2*1-2H3/t;9-,10-;;/m.0../s1. The average molecular weight is 597 g/mol. The van der Waals surface area contributed by atoms with Gasteiger partial charge in [-0.05, 0) is 70.4 Å². The van der Waals surface area contributed by atoms with Gasteiger partial charge in [0.05, 0.1) is 33.2 Å². The number of thiazole rings is 2. The molecule has 10 heteroatoms. The van der Waals surface area contributed by atoms with Crippen LogP contribution in [0.15, 0.2) is 48.1 Å². The number of hydrogen-bond donors (Lipinski definition) is 1. The van der Waals surface area contributed by atoms with Crippen molar-refractivity contribution < 1.29 is 9.18 Å². The lowest BCUT2D eigenvalue weighted by Gasteiger charge is -2.34.